The van der Waals surface area contributed by atoms with Gasteiger partial charge in [0.15, 0.2) is 0 Å². The second-order valence-corrected chi connectivity index (χ2v) is 6.12. The minimum Gasteiger partial charge on any atom is -0.350 e. The van der Waals surface area contributed by atoms with Gasteiger partial charge in [0.05, 0.1) is 17.7 Å². The number of amides is 1. The number of non-ortho nitro benzene ring substituents is 1. The van der Waals surface area contributed by atoms with Crippen LogP contribution in [-0.4, -0.2) is 20.6 Å². The van der Waals surface area contributed by atoms with Crippen molar-refractivity contribution in [1.29, 1.82) is 0 Å². The highest BCUT2D eigenvalue weighted by atomic mass is 32.1. The lowest BCUT2D eigenvalue weighted by Crippen LogP contribution is -2.26. The lowest BCUT2D eigenvalue weighted by Gasteiger charge is -2.03. The second-order valence-electron chi connectivity index (χ2n) is 5.09. The molecule has 3 rings (SSSR count). The Morgan fingerprint density at radius 2 is 2.04 bits per heavy atom. The molecule has 0 spiro atoms. The average molecular weight is 342 g/mol. The fraction of sp³-hybridized carbons (Fsp3) is 0.125. The van der Waals surface area contributed by atoms with Gasteiger partial charge in [-0.3, -0.25) is 19.6 Å². The van der Waals surface area contributed by atoms with Crippen LogP contribution < -0.4 is 5.32 Å². The highest BCUT2D eigenvalue weighted by molar-refractivity contribution is 7.09. The molecule has 2 heterocycles. The first kappa shape index (κ1) is 15.9. The van der Waals surface area contributed by atoms with Gasteiger partial charge in [-0.25, -0.2) is 0 Å². The van der Waals surface area contributed by atoms with Gasteiger partial charge in [0, 0.05) is 28.8 Å². The second kappa shape index (κ2) is 7.05. The van der Waals surface area contributed by atoms with Gasteiger partial charge in [-0.05, 0) is 29.1 Å². The molecule has 3 aromatic rings. The topological polar surface area (TPSA) is 90.1 Å². The van der Waals surface area contributed by atoms with Crippen LogP contribution in [-0.2, 0) is 17.9 Å². The number of hydrogen-bond donors (Lipinski definition) is 1. The molecule has 0 fully saturated rings. The zero-order valence-electron chi connectivity index (χ0n) is 12.6. The third-order valence-electron chi connectivity index (χ3n) is 3.39. The maximum atomic E-state index is 11.9. The number of nitro groups is 1. The van der Waals surface area contributed by atoms with E-state index in [1.807, 2.05) is 17.5 Å². The standard InChI is InChI=1S/C16H14N4O3S/c21-16(17-9-15-2-1-7-24-15)11-19-10-13(8-18-19)12-3-5-14(6-4-12)20(22)23/h1-8,10H,9,11H2,(H,17,21). The highest BCUT2D eigenvalue weighted by Crippen LogP contribution is 2.21. The number of benzene rings is 1. The van der Waals surface area contributed by atoms with E-state index in [4.69, 9.17) is 0 Å². The molecule has 8 heteroatoms. The van der Waals surface area contributed by atoms with Crippen LogP contribution in [0.3, 0.4) is 0 Å². The first-order valence-electron chi connectivity index (χ1n) is 7.18. The van der Waals surface area contributed by atoms with Gasteiger partial charge in [-0.1, -0.05) is 6.07 Å². The highest BCUT2D eigenvalue weighted by Gasteiger charge is 2.08. The molecule has 1 aromatic carbocycles. The van der Waals surface area contributed by atoms with Crippen molar-refractivity contribution in [1.82, 2.24) is 15.1 Å². The minimum absolute atomic E-state index is 0.0408. The molecule has 0 saturated carbocycles. The SMILES string of the molecule is O=C(Cn1cc(-c2ccc([N+](=O)[O-])cc2)cn1)NCc1cccs1. The van der Waals surface area contributed by atoms with Crippen molar-refractivity contribution >= 4 is 22.9 Å². The fourth-order valence-electron chi connectivity index (χ4n) is 2.18. The van der Waals surface area contributed by atoms with Gasteiger partial charge in [-0.15, -0.1) is 11.3 Å². The molecule has 0 saturated heterocycles. The molecule has 0 atom stereocenters. The van der Waals surface area contributed by atoms with Crippen molar-refractivity contribution in [3.05, 3.63) is 69.2 Å². The third-order valence-corrected chi connectivity index (χ3v) is 4.27. The number of nitrogens with zero attached hydrogens (tertiary/aromatic N) is 3. The molecular formula is C16H14N4O3S. The van der Waals surface area contributed by atoms with E-state index in [1.54, 1.807) is 40.5 Å². The molecule has 24 heavy (non-hydrogen) atoms. The first-order valence-corrected chi connectivity index (χ1v) is 8.06. The Morgan fingerprint density at radius 1 is 1.25 bits per heavy atom. The van der Waals surface area contributed by atoms with Crippen LogP contribution in [0.25, 0.3) is 11.1 Å². The maximum Gasteiger partial charge on any atom is 0.269 e. The van der Waals surface area contributed by atoms with Crippen molar-refractivity contribution in [3.8, 4) is 11.1 Å². The van der Waals surface area contributed by atoms with Gasteiger partial charge in [0.2, 0.25) is 5.91 Å². The van der Waals surface area contributed by atoms with Crippen LogP contribution in [0.1, 0.15) is 4.88 Å². The average Bonchev–Trinajstić information content (AvgIpc) is 3.25. The number of carbonyl (C=O) groups excluding carboxylic acids is 1. The van der Waals surface area contributed by atoms with Crippen LogP contribution >= 0.6 is 11.3 Å². The Hall–Kier alpha value is -3.00. The molecule has 7 nitrogen and oxygen atoms in total. The summed E-state index contributed by atoms with van der Waals surface area (Å²) in [6.45, 7) is 0.630. The van der Waals surface area contributed by atoms with Crippen molar-refractivity contribution < 1.29 is 9.72 Å². The molecule has 122 valence electrons. The van der Waals surface area contributed by atoms with Gasteiger partial charge < -0.3 is 5.32 Å². The lowest BCUT2D eigenvalue weighted by molar-refractivity contribution is -0.384. The van der Waals surface area contributed by atoms with E-state index >= 15 is 0 Å². The monoisotopic (exact) mass is 342 g/mol. The number of rotatable bonds is 6. The summed E-state index contributed by atoms with van der Waals surface area (Å²) in [5, 5.41) is 19.6. The van der Waals surface area contributed by atoms with Gasteiger partial charge in [-0.2, -0.15) is 5.10 Å². The molecule has 0 aliphatic heterocycles. The summed E-state index contributed by atoms with van der Waals surface area (Å²) in [5.74, 6) is -0.123. The van der Waals surface area contributed by atoms with Crippen molar-refractivity contribution in [2.75, 3.05) is 0 Å². The lowest BCUT2D eigenvalue weighted by atomic mass is 10.1. The zero-order chi connectivity index (χ0) is 16.9. The van der Waals surface area contributed by atoms with E-state index in [0.717, 1.165) is 16.0 Å². The number of carbonyl (C=O) groups is 1. The summed E-state index contributed by atoms with van der Waals surface area (Å²) in [7, 11) is 0. The Balaban J connectivity index is 1.60. The summed E-state index contributed by atoms with van der Waals surface area (Å²) in [6, 6.07) is 10.1. The molecule has 0 aliphatic carbocycles. The number of nitro benzene ring substituents is 1. The molecule has 0 unspecified atom stereocenters. The molecule has 1 N–H and O–H groups in total. The Kier molecular flexibility index (Phi) is 4.66. The van der Waals surface area contributed by atoms with Crippen molar-refractivity contribution in [3.63, 3.8) is 0 Å². The molecule has 1 amide bonds. The van der Waals surface area contributed by atoms with Gasteiger partial charge in [0.25, 0.3) is 5.69 Å². The van der Waals surface area contributed by atoms with Gasteiger partial charge >= 0.3 is 0 Å². The minimum atomic E-state index is -0.439. The Bertz CT molecular complexity index is 841. The number of aromatic nitrogens is 2. The first-order chi connectivity index (χ1) is 11.6. The smallest absolute Gasteiger partial charge is 0.269 e. The van der Waals surface area contributed by atoms with E-state index in [0.29, 0.717) is 6.54 Å². The largest absolute Gasteiger partial charge is 0.350 e. The quantitative estimate of drug-likeness (QED) is 0.551. The van der Waals surface area contributed by atoms with Crippen LogP contribution in [0.4, 0.5) is 5.69 Å². The fourth-order valence-corrected chi connectivity index (χ4v) is 2.82. The van der Waals surface area contributed by atoms with Crippen LogP contribution in [0.15, 0.2) is 54.2 Å². The third kappa shape index (κ3) is 3.85. The van der Waals surface area contributed by atoms with Crippen LogP contribution in [0.5, 0.6) is 0 Å². The predicted molar refractivity (Wildman–Crippen MR) is 90.5 cm³/mol. The Morgan fingerprint density at radius 3 is 2.71 bits per heavy atom. The normalized spacial score (nSPS) is 10.5. The number of nitrogens with one attached hydrogen (secondary N) is 1. The molecule has 2 aromatic heterocycles. The molecule has 0 radical (unpaired) electrons. The van der Waals surface area contributed by atoms with Gasteiger partial charge in [0.1, 0.15) is 6.54 Å². The summed E-state index contributed by atoms with van der Waals surface area (Å²) in [5.41, 5.74) is 1.65. The molecule has 0 bridgehead atoms. The summed E-state index contributed by atoms with van der Waals surface area (Å²) >= 11 is 1.59. The number of thiophene rings is 1. The van der Waals surface area contributed by atoms with E-state index in [2.05, 4.69) is 10.4 Å². The summed E-state index contributed by atoms with van der Waals surface area (Å²) < 4.78 is 1.54. The van der Waals surface area contributed by atoms with E-state index in [9.17, 15) is 14.9 Å². The maximum absolute atomic E-state index is 11.9. The molecule has 0 aliphatic rings. The van der Waals surface area contributed by atoms with Crippen LogP contribution in [0, 0.1) is 10.1 Å². The molecular weight excluding hydrogens is 328 g/mol. The summed E-state index contributed by atoms with van der Waals surface area (Å²) in [6.07, 6.45) is 3.37. The number of hydrogen-bond acceptors (Lipinski definition) is 5. The predicted octanol–water partition coefficient (Wildman–Crippen LogP) is 2.84. The summed E-state index contributed by atoms with van der Waals surface area (Å²) in [4.78, 5) is 23.3. The van der Waals surface area contributed by atoms with E-state index in [1.165, 1.54) is 12.1 Å². The van der Waals surface area contributed by atoms with E-state index < -0.39 is 4.92 Å². The van der Waals surface area contributed by atoms with Crippen molar-refractivity contribution in [2.24, 2.45) is 0 Å². The van der Waals surface area contributed by atoms with Crippen LogP contribution in [0.2, 0.25) is 0 Å². The Labute approximate surface area is 141 Å². The zero-order valence-corrected chi connectivity index (χ0v) is 13.4. The van der Waals surface area contributed by atoms with E-state index in [-0.39, 0.29) is 18.1 Å². The van der Waals surface area contributed by atoms with Crippen molar-refractivity contribution in [2.45, 2.75) is 13.1 Å².